The zero-order chi connectivity index (χ0) is 20.1. The summed E-state index contributed by atoms with van der Waals surface area (Å²) in [5.41, 5.74) is 2.02. The number of morpholine rings is 1. The Morgan fingerprint density at radius 1 is 1.14 bits per heavy atom. The first-order valence-corrected chi connectivity index (χ1v) is 9.49. The molecule has 1 aliphatic rings. The van der Waals surface area contributed by atoms with Crippen molar-refractivity contribution in [3.8, 4) is 0 Å². The highest BCUT2D eigenvalue weighted by Gasteiger charge is 2.17. The Bertz CT molecular complexity index is 835. The summed E-state index contributed by atoms with van der Waals surface area (Å²) in [6, 6.07) is 10.4. The Labute approximate surface area is 173 Å². The van der Waals surface area contributed by atoms with E-state index in [1.54, 1.807) is 0 Å². The molecule has 3 rings (SSSR count). The lowest BCUT2D eigenvalue weighted by molar-refractivity contribution is -0.116. The fourth-order valence-corrected chi connectivity index (χ4v) is 3.33. The van der Waals surface area contributed by atoms with Gasteiger partial charge in [0, 0.05) is 37.1 Å². The van der Waals surface area contributed by atoms with Crippen LogP contribution in [-0.4, -0.2) is 61.6 Å². The van der Waals surface area contributed by atoms with Crippen molar-refractivity contribution in [3.63, 3.8) is 0 Å². The molecular formula is C19H20Cl2N4O3. The summed E-state index contributed by atoms with van der Waals surface area (Å²) in [5.74, 6) is -0.676. The summed E-state index contributed by atoms with van der Waals surface area (Å²) >= 11 is 11.6. The lowest BCUT2D eigenvalue weighted by atomic mass is 10.2. The van der Waals surface area contributed by atoms with Crippen LogP contribution in [-0.2, 0) is 9.53 Å². The number of likely N-dealkylation sites (N-methyl/N-ethyl adjacent to an activating group) is 1. The van der Waals surface area contributed by atoms with Crippen LogP contribution in [0.2, 0.25) is 10.3 Å². The SMILES string of the molecule is CN(CC(=O)Nc1ccc(N2CCOCC2)cc1)C(=O)c1cc(Cl)nc(Cl)c1. The lowest BCUT2D eigenvalue weighted by Crippen LogP contribution is -2.36. The first-order valence-electron chi connectivity index (χ1n) is 8.73. The third kappa shape index (κ3) is 5.34. The molecule has 0 radical (unpaired) electrons. The van der Waals surface area contributed by atoms with Crippen LogP contribution in [0.15, 0.2) is 36.4 Å². The number of amides is 2. The summed E-state index contributed by atoms with van der Waals surface area (Å²) in [5, 5.41) is 3.03. The van der Waals surface area contributed by atoms with Crippen molar-refractivity contribution in [1.82, 2.24) is 9.88 Å². The standard InChI is InChI=1S/C19H20Cl2N4O3/c1-24(19(27)13-10-16(20)23-17(21)11-13)12-18(26)22-14-2-4-15(5-3-14)25-6-8-28-9-7-25/h2-5,10-11H,6-9,12H2,1H3,(H,22,26). The molecule has 148 valence electrons. The van der Waals surface area contributed by atoms with Crippen molar-refractivity contribution in [1.29, 1.82) is 0 Å². The maximum atomic E-state index is 12.4. The average Bonchev–Trinajstić information content (AvgIpc) is 2.67. The Morgan fingerprint density at radius 2 is 1.75 bits per heavy atom. The predicted octanol–water partition coefficient (Wildman–Crippen LogP) is 2.94. The van der Waals surface area contributed by atoms with E-state index >= 15 is 0 Å². The van der Waals surface area contributed by atoms with E-state index in [-0.39, 0.29) is 34.2 Å². The van der Waals surface area contributed by atoms with Crippen LogP contribution in [0.5, 0.6) is 0 Å². The number of carbonyl (C=O) groups excluding carboxylic acids is 2. The van der Waals surface area contributed by atoms with E-state index in [4.69, 9.17) is 27.9 Å². The summed E-state index contributed by atoms with van der Waals surface area (Å²) in [7, 11) is 1.53. The van der Waals surface area contributed by atoms with Gasteiger partial charge in [-0.05, 0) is 36.4 Å². The molecule has 1 N–H and O–H groups in total. The minimum atomic E-state index is -0.371. The summed E-state index contributed by atoms with van der Waals surface area (Å²) < 4.78 is 5.35. The molecule has 1 aromatic heterocycles. The van der Waals surface area contributed by atoms with Crippen molar-refractivity contribution in [2.24, 2.45) is 0 Å². The maximum Gasteiger partial charge on any atom is 0.254 e. The quantitative estimate of drug-likeness (QED) is 0.749. The monoisotopic (exact) mass is 422 g/mol. The molecule has 28 heavy (non-hydrogen) atoms. The Hall–Kier alpha value is -2.35. The van der Waals surface area contributed by atoms with Crippen LogP contribution in [0, 0.1) is 0 Å². The minimum Gasteiger partial charge on any atom is -0.378 e. The lowest BCUT2D eigenvalue weighted by Gasteiger charge is -2.28. The largest absolute Gasteiger partial charge is 0.378 e. The molecule has 1 aromatic carbocycles. The summed E-state index contributed by atoms with van der Waals surface area (Å²) in [6.45, 7) is 3.02. The molecule has 0 unspecified atom stereocenters. The van der Waals surface area contributed by atoms with Gasteiger partial charge in [-0.25, -0.2) is 4.98 Å². The second kappa shape index (κ2) is 9.23. The number of aromatic nitrogens is 1. The van der Waals surface area contributed by atoms with E-state index in [9.17, 15) is 9.59 Å². The van der Waals surface area contributed by atoms with Gasteiger partial charge in [-0.15, -0.1) is 0 Å². The van der Waals surface area contributed by atoms with E-state index in [0.29, 0.717) is 18.9 Å². The van der Waals surface area contributed by atoms with Crippen molar-refractivity contribution in [3.05, 3.63) is 52.3 Å². The summed E-state index contributed by atoms with van der Waals surface area (Å²) in [4.78, 5) is 32.0. The van der Waals surface area contributed by atoms with Crippen LogP contribution < -0.4 is 10.2 Å². The normalized spacial score (nSPS) is 13.9. The van der Waals surface area contributed by atoms with Gasteiger partial charge in [0.05, 0.1) is 19.8 Å². The molecule has 2 aromatic rings. The van der Waals surface area contributed by atoms with Gasteiger partial charge < -0.3 is 19.9 Å². The van der Waals surface area contributed by atoms with Crippen LogP contribution in [0.4, 0.5) is 11.4 Å². The number of ether oxygens (including phenoxy) is 1. The van der Waals surface area contributed by atoms with Crippen molar-refractivity contribution in [2.45, 2.75) is 0 Å². The number of hydrogen-bond donors (Lipinski definition) is 1. The molecule has 0 spiro atoms. The minimum absolute atomic E-state index is 0.110. The molecule has 9 heteroatoms. The number of halogens is 2. The molecule has 2 heterocycles. The number of rotatable bonds is 5. The average molecular weight is 423 g/mol. The zero-order valence-corrected chi connectivity index (χ0v) is 16.8. The van der Waals surface area contributed by atoms with Gasteiger partial charge in [0.1, 0.15) is 10.3 Å². The fraction of sp³-hybridized carbons (Fsp3) is 0.316. The first-order chi connectivity index (χ1) is 13.4. The number of benzene rings is 1. The van der Waals surface area contributed by atoms with Gasteiger partial charge in [-0.3, -0.25) is 9.59 Å². The van der Waals surface area contributed by atoms with E-state index in [2.05, 4.69) is 15.2 Å². The topological polar surface area (TPSA) is 74.8 Å². The molecule has 0 aliphatic carbocycles. The van der Waals surface area contributed by atoms with Gasteiger partial charge in [-0.1, -0.05) is 23.2 Å². The third-order valence-electron chi connectivity index (χ3n) is 4.26. The van der Waals surface area contributed by atoms with E-state index in [1.807, 2.05) is 24.3 Å². The fourth-order valence-electron chi connectivity index (χ4n) is 2.87. The van der Waals surface area contributed by atoms with Crippen molar-refractivity contribution >= 4 is 46.4 Å². The van der Waals surface area contributed by atoms with Crippen LogP contribution in [0.3, 0.4) is 0 Å². The van der Waals surface area contributed by atoms with E-state index in [0.717, 1.165) is 18.8 Å². The zero-order valence-electron chi connectivity index (χ0n) is 15.3. The molecular weight excluding hydrogens is 403 g/mol. The van der Waals surface area contributed by atoms with Gasteiger partial charge in [-0.2, -0.15) is 0 Å². The molecule has 1 aliphatic heterocycles. The highest BCUT2D eigenvalue weighted by atomic mass is 35.5. The second-order valence-electron chi connectivity index (χ2n) is 6.36. The van der Waals surface area contributed by atoms with E-state index in [1.165, 1.54) is 24.1 Å². The Morgan fingerprint density at radius 3 is 2.36 bits per heavy atom. The molecule has 0 bridgehead atoms. The smallest absolute Gasteiger partial charge is 0.254 e. The summed E-state index contributed by atoms with van der Waals surface area (Å²) in [6.07, 6.45) is 0. The maximum absolute atomic E-state index is 12.4. The number of nitrogens with one attached hydrogen (secondary N) is 1. The highest BCUT2D eigenvalue weighted by Crippen LogP contribution is 2.19. The number of pyridine rings is 1. The van der Waals surface area contributed by atoms with E-state index < -0.39 is 0 Å². The molecule has 2 amide bonds. The van der Waals surface area contributed by atoms with Gasteiger partial charge >= 0.3 is 0 Å². The molecule has 0 saturated carbocycles. The Balaban J connectivity index is 1.56. The molecule has 1 saturated heterocycles. The third-order valence-corrected chi connectivity index (χ3v) is 4.65. The first kappa shape index (κ1) is 20.4. The van der Waals surface area contributed by atoms with Gasteiger partial charge in [0.15, 0.2) is 0 Å². The predicted molar refractivity (Wildman–Crippen MR) is 109 cm³/mol. The molecule has 1 fully saturated rings. The number of nitrogens with zero attached hydrogens (tertiary/aromatic N) is 3. The number of carbonyl (C=O) groups is 2. The molecule has 0 atom stereocenters. The van der Waals surface area contributed by atoms with Crippen LogP contribution in [0.25, 0.3) is 0 Å². The van der Waals surface area contributed by atoms with Crippen molar-refractivity contribution in [2.75, 3.05) is 50.1 Å². The number of anilines is 2. The molecule has 7 nitrogen and oxygen atoms in total. The highest BCUT2D eigenvalue weighted by molar-refractivity contribution is 6.33. The van der Waals surface area contributed by atoms with Gasteiger partial charge in [0.2, 0.25) is 5.91 Å². The van der Waals surface area contributed by atoms with Crippen molar-refractivity contribution < 1.29 is 14.3 Å². The Kier molecular flexibility index (Phi) is 6.72. The van der Waals surface area contributed by atoms with Crippen LogP contribution >= 0.6 is 23.2 Å². The van der Waals surface area contributed by atoms with Crippen LogP contribution in [0.1, 0.15) is 10.4 Å². The second-order valence-corrected chi connectivity index (χ2v) is 7.13. The van der Waals surface area contributed by atoms with Gasteiger partial charge in [0.25, 0.3) is 5.91 Å². The number of hydrogen-bond acceptors (Lipinski definition) is 5.